The normalized spacial score (nSPS) is 10.4. The van der Waals surface area contributed by atoms with E-state index in [4.69, 9.17) is 0 Å². The zero-order chi connectivity index (χ0) is 13.1. The van der Waals surface area contributed by atoms with Crippen molar-refractivity contribution in [3.63, 3.8) is 0 Å². The zero-order valence-electron chi connectivity index (χ0n) is 10.9. The van der Waals surface area contributed by atoms with Crippen LogP contribution in [0.25, 0.3) is 11.3 Å². The Balaban J connectivity index is 1.90. The third-order valence-electron chi connectivity index (χ3n) is 3.26. The lowest BCUT2D eigenvalue weighted by molar-refractivity contribution is 1.15. The fourth-order valence-corrected chi connectivity index (χ4v) is 2.16. The molecule has 0 aliphatic rings. The molecule has 94 valence electrons. The van der Waals surface area contributed by atoms with Crippen molar-refractivity contribution < 1.29 is 0 Å². The van der Waals surface area contributed by atoms with Crippen LogP contribution in [0.1, 0.15) is 0 Å². The molecule has 0 amide bonds. The first-order valence-electron chi connectivity index (χ1n) is 6.38. The van der Waals surface area contributed by atoms with E-state index in [1.807, 2.05) is 24.3 Å². The van der Waals surface area contributed by atoms with E-state index >= 15 is 0 Å². The van der Waals surface area contributed by atoms with Gasteiger partial charge in [-0.3, -0.25) is 0 Å². The highest BCUT2D eigenvalue weighted by Crippen LogP contribution is 2.26. The van der Waals surface area contributed by atoms with Gasteiger partial charge >= 0.3 is 0 Å². The fourth-order valence-electron chi connectivity index (χ4n) is 2.16. The number of hydrogen-bond donors (Lipinski definition) is 1. The molecule has 3 aromatic rings. The minimum absolute atomic E-state index is 1.09. The Morgan fingerprint density at radius 2 is 1.37 bits per heavy atom. The molecule has 0 fully saturated rings. The van der Waals surface area contributed by atoms with Crippen LogP contribution in [0, 0.1) is 0 Å². The summed E-state index contributed by atoms with van der Waals surface area (Å²) in [6, 6.07) is 24.9. The summed E-state index contributed by atoms with van der Waals surface area (Å²) < 4.78 is 0. The molecule has 0 aliphatic carbocycles. The molecule has 0 aliphatic heterocycles. The maximum atomic E-state index is 3.45. The van der Waals surface area contributed by atoms with E-state index in [-0.39, 0.29) is 0 Å². The average Bonchev–Trinajstić information content (AvgIpc) is 2.98. The van der Waals surface area contributed by atoms with Crippen molar-refractivity contribution in [3.05, 3.63) is 72.8 Å². The predicted molar refractivity (Wildman–Crippen MR) is 80.7 cm³/mol. The predicted octanol–water partition coefficient (Wildman–Crippen LogP) is 4.45. The summed E-state index contributed by atoms with van der Waals surface area (Å²) in [4.78, 5) is 5.60. The molecule has 2 aromatic carbocycles. The number of H-pyrrole nitrogens is 1. The molecule has 0 spiro atoms. The summed E-state index contributed by atoms with van der Waals surface area (Å²) in [5.74, 6) is 1.09. The molecule has 0 saturated carbocycles. The number of nitrogens with one attached hydrogen (secondary N) is 1. The van der Waals surface area contributed by atoms with Gasteiger partial charge in [0.1, 0.15) is 5.82 Å². The van der Waals surface area contributed by atoms with Crippen molar-refractivity contribution in [2.24, 2.45) is 0 Å². The van der Waals surface area contributed by atoms with E-state index in [0.29, 0.717) is 0 Å². The summed E-state index contributed by atoms with van der Waals surface area (Å²) >= 11 is 0. The van der Waals surface area contributed by atoms with E-state index in [0.717, 1.165) is 11.5 Å². The zero-order valence-corrected chi connectivity index (χ0v) is 10.9. The van der Waals surface area contributed by atoms with Gasteiger partial charge in [-0.15, -0.1) is 0 Å². The number of hydrogen-bond acceptors (Lipinski definition) is 1. The van der Waals surface area contributed by atoms with Gasteiger partial charge in [-0.25, -0.2) is 0 Å². The van der Waals surface area contributed by atoms with Crippen LogP contribution in [-0.4, -0.2) is 12.0 Å². The van der Waals surface area contributed by atoms with Gasteiger partial charge < -0.3 is 9.88 Å². The molecule has 0 unspecified atom stereocenters. The molecule has 0 atom stereocenters. The van der Waals surface area contributed by atoms with Crippen molar-refractivity contribution in [2.75, 3.05) is 11.9 Å². The Kier molecular flexibility index (Phi) is 3.07. The topological polar surface area (TPSA) is 19.0 Å². The van der Waals surface area contributed by atoms with Crippen molar-refractivity contribution >= 4 is 11.5 Å². The second kappa shape index (κ2) is 5.02. The van der Waals surface area contributed by atoms with Crippen LogP contribution in [0.3, 0.4) is 0 Å². The van der Waals surface area contributed by atoms with Gasteiger partial charge in [0.05, 0.1) is 0 Å². The molecule has 0 saturated heterocycles. The molecule has 1 aromatic heterocycles. The number of anilines is 2. The Morgan fingerprint density at radius 3 is 2.05 bits per heavy atom. The van der Waals surface area contributed by atoms with Gasteiger partial charge in [-0.05, 0) is 29.8 Å². The number of aromatic nitrogens is 1. The molecule has 2 heteroatoms. The molecule has 19 heavy (non-hydrogen) atoms. The maximum Gasteiger partial charge on any atom is 0.110 e. The quantitative estimate of drug-likeness (QED) is 0.725. The molecule has 1 N–H and O–H groups in total. The summed E-state index contributed by atoms with van der Waals surface area (Å²) in [5.41, 5.74) is 3.51. The lowest BCUT2D eigenvalue weighted by Gasteiger charge is -2.17. The van der Waals surface area contributed by atoms with Gasteiger partial charge in [0.25, 0.3) is 0 Å². The number of benzene rings is 2. The standard InChI is InChI=1S/C17H16N2/c1-19(15-10-6-3-7-11-15)17-13-12-16(18-17)14-8-4-2-5-9-14/h2-13,18H,1H3. The molecule has 3 rings (SSSR count). The molecular formula is C17H16N2. The van der Waals surface area contributed by atoms with Crippen molar-refractivity contribution in [1.29, 1.82) is 0 Å². The molecule has 0 radical (unpaired) electrons. The number of para-hydroxylation sites is 1. The highest BCUT2D eigenvalue weighted by Gasteiger charge is 2.06. The average molecular weight is 248 g/mol. The third-order valence-corrected chi connectivity index (χ3v) is 3.26. The smallest absolute Gasteiger partial charge is 0.110 e. The van der Waals surface area contributed by atoms with E-state index in [1.54, 1.807) is 0 Å². The summed E-state index contributed by atoms with van der Waals surface area (Å²) in [7, 11) is 2.07. The van der Waals surface area contributed by atoms with Crippen LogP contribution in [0.2, 0.25) is 0 Å². The van der Waals surface area contributed by atoms with Gasteiger partial charge in [0.15, 0.2) is 0 Å². The second-order valence-corrected chi connectivity index (χ2v) is 4.52. The lowest BCUT2D eigenvalue weighted by Crippen LogP contribution is -2.09. The highest BCUT2D eigenvalue weighted by molar-refractivity contribution is 5.67. The van der Waals surface area contributed by atoms with Crippen LogP contribution in [0.5, 0.6) is 0 Å². The maximum absolute atomic E-state index is 3.45. The molecule has 2 nitrogen and oxygen atoms in total. The molecule has 1 heterocycles. The van der Waals surface area contributed by atoms with Crippen LogP contribution >= 0.6 is 0 Å². The SMILES string of the molecule is CN(c1ccccc1)c1ccc(-c2ccccc2)[nH]1. The summed E-state index contributed by atoms with van der Waals surface area (Å²) in [6.07, 6.45) is 0. The van der Waals surface area contributed by atoms with Gasteiger partial charge in [0.2, 0.25) is 0 Å². The number of nitrogens with zero attached hydrogens (tertiary/aromatic N) is 1. The highest BCUT2D eigenvalue weighted by atomic mass is 15.2. The van der Waals surface area contributed by atoms with Crippen molar-refractivity contribution in [2.45, 2.75) is 0 Å². The lowest BCUT2D eigenvalue weighted by atomic mass is 10.2. The van der Waals surface area contributed by atoms with E-state index in [2.05, 4.69) is 65.5 Å². The monoisotopic (exact) mass is 248 g/mol. The first kappa shape index (κ1) is 11.6. The minimum Gasteiger partial charge on any atom is -0.341 e. The molecular weight excluding hydrogens is 232 g/mol. The number of rotatable bonds is 3. The van der Waals surface area contributed by atoms with Crippen LogP contribution in [0.15, 0.2) is 72.8 Å². The van der Waals surface area contributed by atoms with E-state index < -0.39 is 0 Å². The Hall–Kier alpha value is -2.48. The largest absolute Gasteiger partial charge is 0.341 e. The van der Waals surface area contributed by atoms with Gasteiger partial charge in [-0.2, -0.15) is 0 Å². The summed E-state index contributed by atoms with van der Waals surface area (Å²) in [6.45, 7) is 0. The Bertz CT molecular complexity index is 641. The Morgan fingerprint density at radius 1 is 0.737 bits per heavy atom. The van der Waals surface area contributed by atoms with E-state index in [1.165, 1.54) is 11.3 Å². The molecule has 0 bridgehead atoms. The Labute approximate surface area is 113 Å². The fraction of sp³-hybridized carbons (Fsp3) is 0.0588. The first-order valence-corrected chi connectivity index (χ1v) is 6.38. The number of aromatic amines is 1. The van der Waals surface area contributed by atoms with Crippen molar-refractivity contribution in [3.8, 4) is 11.3 Å². The summed E-state index contributed by atoms with van der Waals surface area (Å²) in [5, 5.41) is 0. The van der Waals surface area contributed by atoms with Crippen LogP contribution in [-0.2, 0) is 0 Å². The minimum atomic E-state index is 1.09. The van der Waals surface area contributed by atoms with Gasteiger partial charge in [0, 0.05) is 18.4 Å². The van der Waals surface area contributed by atoms with Crippen LogP contribution < -0.4 is 4.90 Å². The van der Waals surface area contributed by atoms with E-state index in [9.17, 15) is 0 Å². The second-order valence-electron chi connectivity index (χ2n) is 4.52. The first-order chi connectivity index (χ1) is 9.34. The van der Waals surface area contributed by atoms with Gasteiger partial charge in [-0.1, -0.05) is 48.5 Å². The van der Waals surface area contributed by atoms with Crippen molar-refractivity contribution in [1.82, 2.24) is 4.98 Å². The third kappa shape index (κ3) is 2.38. The van der Waals surface area contributed by atoms with Crippen LogP contribution in [0.4, 0.5) is 11.5 Å².